The topological polar surface area (TPSA) is 66.8 Å². The molecular formula is C25H42O4. The van der Waals surface area contributed by atoms with Crippen molar-refractivity contribution in [3.05, 3.63) is 0 Å². The van der Waals surface area contributed by atoms with E-state index in [-0.39, 0.29) is 23.6 Å². The lowest BCUT2D eigenvalue weighted by Gasteiger charge is -2.62. The van der Waals surface area contributed by atoms with Crippen LogP contribution in [-0.4, -0.2) is 35.5 Å². The molecule has 0 amide bonds. The van der Waals surface area contributed by atoms with E-state index in [2.05, 4.69) is 20.8 Å². The summed E-state index contributed by atoms with van der Waals surface area (Å²) in [6.07, 6.45) is 9.86. The first-order valence-electron chi connectivity index (χ1n) is 12.1. The fourth-order valence-corrected chi connectivity index (χ4v) is 8.81. The Kier molecular flexibility index (Phi) is 5.83. The van der Waals surface area contributed by atoms with Crippen LogP contribution in [0.2, 0.25) is 0 Å². The van der Waals surface area contributed by atoms with Gasteiger partial charge >= 0.3 is 5.97 Å². The zero-order chi connectivity index (χ0) is 21.0. The van der Waals surface area contributed by atoms with Gasteiger partial charge in [0.1, 0.15) is 0 Å². The highest BCUT2D eigenvalue weighted by atomic mass is 16.5. The molecule has 4 saturated carbocycles. The van der Waals surface area contributed by atoms with Gasteiger partial charge in [-0.2, -0.15) is 0 Å². The molecule has 2 N–H and O–H groups in total. The number of fused-ring (bicyclic) bond motifs is 5. The first-order valence-corrected chi connectivity index (χ1v) is 12.1. The van der Waals surface area contributed by atoms with E-state index in [1.165, 1.54) is 32.8 Å². The van der Waals surface area contributed by atoms with Gasteiger partial charge < -0.3 is 14.9 Å². The van der Waals surface area contributed by atoms with E-state index in [4.69, 9.17) is 4.74 Å². The molecule has 0 heterocycles. The van der Waals surface area contributed by atoms with Crippen molar-refractivity contribution in [2.45, 2.75) is 97.2 Å². The van der Waals surface area contributed by atoms with Crippen LogP contribution in [-0.2, 0) is 9.53 Å². The molecule has 4 rings (SSSR count). The molecule has 4 aliphatic rings. The van der Waals surface area contributed by atoms with E-state index in [1.807, 2.05) is 0 Å². The van der Waals surface area contributed by atoms with E-state index in [0.29, 0.717) is 41.4 Å². The summed E-state index contributed by atoms with van der Waals surface area (Å²) >= 11 is 0. The highest BCUT2D eigenvalue weighted by Crippen LogP contribution is 2.68. The van der Waals surface area contributed by atoms with Crippen LogP contribution in [0.25, 0.3) is 0 Å². The second kappa shape index (κ2) is 7.82. The molecule has 0 aliphatic heterocycles. The number of aliphatic hydroxyl groups excluding tert-OH is 2. The van der Waals surface area contributed by atoms with Gasteiger partial charge in [0, 0.05) is 6.42 Å². The highest BCUT2D eigenvalue weighted by molar-refractivity contribution is 5.69. The van der Waals surface area contributed by atoms with E-state index in [1.54, 1.807) is 0 Å². The lowest BCUT2D eigenvalue weighted by atomic mass is 9.43. The van der Waals surface area contributed by atoms with Crippen LogP contribution in [0, 0.1) is 46.3 Å². The number of carbonyl (C=O) groups excluding carboxylic acids is 1. The van der Waals surface area contributed by atoms with Crippen LogP contribution >= 0.6 is 0 Å². The highest BCUT2D eigenvalue weighted by Gasteiger charge is 2.63. The molecule has 0 aromatic heterocycles. The molecule has 0 saturated heterocycles. The molecular weight excluding hydrogens is 364 g/mol. The van der Waals surface area contributed by atoms with Crippen molar-refractivity contribution in [1.82, 2.24) is 0 Å². The van der Waals surface area contributed by atoms with E-state index < -0.39 is 0 Å². The van der Waals surface area contributed by atoms with Crippen molar-refractivity contribution in [2.24, 2.45) is 46.3 Å². The van der Waals surface area contributed by atoms with Crippen LogP contribution in [0.4, 0.5) is 0 Å². The molecule has 10 atom stereocenters. The maximum atomic E-state index is 11.6. The summed E-state index contributed by atoms with van der Waals surface area (Å²) in [5.74, 6) is 3.36. The van der Waals surface area contributed by atoms with Crippen LogP contribution in [0.5, 0.6) is 0 Å². The average Bonchev–Trinajstić information content (AvgIpc) is 3.06. The standard InChI is InChI=1S/C25H42O4/c1-15(5-10-23(28)29-4)19-8-9-20-18-7-6-16-13-17(26)11-12-24(16,2)21(18)14-22(27)25(19,20)3/h15-22,26-27H,5-14H2,1-4H3/t15-,16-,17-,18+,19-,20+,21+,22+,24-,25-/m0/s1. The Hall–Kier alpha value is -0.610. The van der Waals surface area contributed by atoms with Gasteiger partial charge in [-0.25, -0.2) is 0 Å². The summed E-state index contributed by atoms with van der Waals surface area (Å²) in [4.78, 5) is 11.6. The normalized spacial score (nSPS) is 50.2. The number of hydrogen-bond acceptors (Lipinski definition) is 4. The minimum Gasteiger partial charge on any atom is -0.469 e. The minimum atomic E-state index is -0.246. The third-order valence-corrected chi connectivity index (χ3v) is 10.5. The molecule has 4 aliphatic carbocycles. The van der Waals surface area contributed by atoms with E-state index in [9.17, 15) is 15.0 Å². The zero-order valence-corrected chi connectivity index (χ0v) is 18.9. The Morgan fingerprint density at radius 3 is 2.55 bits per heavy atom. The van der Waals surface area contributed by atoms with Crippen LogP contribution < -0.4 is 0 Å². The van der Waals surface area contributed by atoms with Crippen LogP contribution in [0.3, 0.4) is 0 Å². The SMILES string of the molecule is COC(=O)CC[C@H](C)[C@@H]1CC[C@@H]2[C@H]3CC[C@H]4C[C@@H](O)CC[C@]4(C)[C@@H]3C[C@@H](O)[C@]21C. The van der Waals surface area contributed by atoms with Gasteiger partial charge in [0.2, 0.25) is 0 Å². The Labute approximate surface area is 176 Å². The van der Waals surface area contributed by atoms with Crippen molar-refractivity contribution in [3.8, 4) is 0 Å². The maximum absolute atomic E-state index is 11.6. The van der Waals surface area contributed by atoms with Gasteiger partial charge in [0.15, 0.2) is 0 Å². The predicted molar refractivity (Wildman–Crippen MR) is 113 cm³/mol. The largest absolute Gasteiger partial charge is 0.469 e. The fraction of sp³-hybridized carbons (Fsp3) is 0.960. The summed E-state index contributed by atoms with van der Waals surface area (Å²) < 4.78 is 4.85. The Balaban J connectivity index is 1.53. The van der Waals surface area contributed by atoms with Gasteiger partial charge in [-0.3, -0.25) is 4.79 Å². The molecule has 0 aromatic carbocycles. The van der Waals surface area contributed by atoms with E-state index >= 15 is 0 Å². The third kappa shape index (κ3) is 3.37. The van der Waals surface area contributed by atoms with Gasteiger partial charge in [-0.1, -0.05) is 20.8 Å². The fourth-order valence-electron chi connectivity index (χ4n) is 8.81. The van der Waals surface area contributed by atoms with Gasteiger partial charge in [-0.15, -0.1) is 0 Å². The van der Waals surface area contributed by atoms with Crippen LogP contribution in [0.15, 0.2) is 0 Å². The zero-order valence-electron chi connectivity index (χ0n) is 18.9. The first kappa shape index (κ1) is 21.6. The van der Waals surface area contributed by atoms with Gasteiger partial charge in [-0.05, 0) is 104 Å². The summed E-state index contributed by atoms with van der Waals surface area (Å²) in [5.41, 5.74) is 0.271. The molecule has 4 nitrogen and oxygen atoms in total. The summed E-state index contributed by atoms with van der Waals surface area (Å²) in [6, 6.07) is 0. The molecule has 0 unspecified atom stereocenters. The Morgan fingerprint density at radius 2 is 1.83 bits per heavy atom. The number of rotatable bonds is 4. The monoisotopic (exact) mass is 406 g/mol. The second-order valence-electron chi connectivity index (χ2n) is 11.5. The smallest absolute Gasteiger partial charge is 0.305 e. The maximum Gasteiger partial charge on any atom is 0.305 e. The molecule has 166 valence electrons. The number of carbonyl (C=O) groups is 1. The molecule has 0 bridgehead atoms. The second-order valence-corrected chi connectivity index (χ2v) is 11.5. The van der Waals surface area contributed by atoms with Crippen molar-refractivity contribution < 1.29 is 19.7 Å². The molecule has 4 heteroatoms. The number of methoxy groups -OCH3 is 1. The molecule has 0 aromatic rings. The third-order valence-electron chi connectivity index (χ3n) is 10.5. The van der Waals surface area contributed by atoms with Crippen molar-refractivity contribution in [1.29, 1.82) is 0 Å². The average molecular weight is 407 g/mol. The van der Waals surface area contributed by atoms with Crippen molar-refractivity contribution in [2.75, 3.05) is 7.11 Å². The minimum absolute atomic E-state index is 0.0198. The predicted octanol–water partition coefficient (Wildman–Crippen LogP) is 4.57. The molecule has 4 fully saturated rings. The summed E-state index contributed by atoms with van der Waals surface area (Å²) in [6.45, 7) is 7.12. The van der Waals surface area contributed by atoms with Crippen molar-refractivity contribution >= 4 is 5.97 Å². The summed E-state index contributed by atoms with van der Waals surface area (Å²) in [7, 11) is 1.46. The van der Waals surface area contributed by atoms with Gasteiger partial charge in [0.25, 0.3) is 0 Å². The molecule has 29 heavy (non-hydrogen) atoms. The van der Waals surface area contributed by atoms with E-state index in [0.717, 1.165) is 38.0 Å². The number of ether oxygens (including phenoxy) is 1. The Morgan fingerprint density at radius 1 is 1.07 bits per heavy atom. The summed E-state index contributed by atoms with van der Waals surface area (Å²) in [5, 5.41) is 21.8. The van der Waals surface area contributed by atoms with Crippen LogP contribution in [0.1, 0.15) is 85.0 Å². The van der Waals surface area contributed by atoms with Gasteiger partial charge in [0.05, 0.1) is 19.3 Å². The molecule has 0 radical (unpaired) electrons. The Bertz CT molecular complexity index is 620. The quantitative estimate of drug-likeness (QED) is 0.671. The number of aliphatic hydroxyl groups is 2. The first-order chi connectivity index (χ1) is 13.7. The number of hydrogen-bond donors (Lipinski definition) is 2. The lowest BCUT2D eigenvalue weighted by Crippen LogP contribution is -2.58. The van der Waals surface area contributed by atoms with Crippen molar-refractivity contribution in [3.63, 3.8) is 0 Å². The molecule has 0 spiro atoms. The lowest BCUT2D eigenvalue weighted by molar-refractivity contribution is -0.175. The number of esters is 1.